The molecule has 0 aliphatic rings. The lowest BCUT2D eigenvalue weighted by atomic mass is 10.0. The molecule has 0 N–H and O–H groups in total. The number of Topliss-reactive ketones (excluding diaryl/α,β-unsaturated/α-hetero) is 1. The second kappa shape index (κ2) is 18.5. The van der Waals surface area contributed by atoms with E-state index in [0.717, 1.165) is 19.3 Å². The van der Waals surface area contributed by atoms with Crippen molar-refractivity contribution in [2.75, 3.05) is 0 Å². The Hall–Kier alpha value is -0.590. The van der Waals surface area contributed by atoms with Crippen molar-refractivity contribution in [3.8, 4) is 0 Å². The van der Waals surface area contributed by atoms with E-state index >= 15 is 0 Å². The molecule has 0 heterocycles. The van der Waals surface area contributed by atoms with Crippen LogP contribution in [-0.4, -0.2) is 5.78 Å². The van der Waals surface area contributed by atoms with E-state index in [1.807, 2.05) is 0 Å². The molecule has 1 nitrogen and oxygen atoms in total. The second-order valence-corrected chi connectivity index (χ2v) is 6.64. The Labute approximate surface area is 140 Å². The molecule has 0 aliphatic carbocycles. The third-order valence-corrected chi connectivity index (χ3v) is 4.30. The Balaban J connectivity index is 3.21. The number of carbonyl (C=O) groups excluding carboxylic acids is 1. The largest absolute Gasteiger partial charge is 0.299 e. The van der Waals surface area contributed by atoms with E-state index in [2.05, 4.69) is 26.0 Å². The topological polar surface area (TPSA) is 17.1 Å². The van der Waals surface area contributed by atoms with Gasteiger partial charge in [0.05, 0.1) is 0 Å². The van der Waals surface area contributed by atoms with Gasteiger partial charge >= 0.3 is 0 Å². The monoisotopic (exact) mass is 308 g/mol. The van der Waals surface area contributed by atoms with Gasteiger partial charge in [0.1, 0.15) is 5.78 Å². The molecule has 130 valence electrons. The average molecular weight is 309 g/mol. The molecule has 0 rings (SSSR count). The molecular formula is C21H40O. The Bertz CT molecular complexity index is 255. The highest BCUT2D eigenvalue weighted by Crippen LogP contribution is 2.11. The van der Waals surface area contributed by atoms with Gasteiger partial charge in [-0.3, -0.25) is 4.79 Å². The highest BCUT2D eigenvalue weighted by atomic mass is 16.1. The fourth-order valence-corrected chi connectivity index (χ4v) is 2.76. The smallest absolute Gasteiger partial charge is 0.136 e. The Morgan fingerprint density at radius 1 is 0.636 bits per heavy atom. The lowest BCUT2D eigenvalue weighted by Crippen LogP contribution is -1.95. The summed E-state index contributed by atoms with van der Waals surface area (Å²) in [6.07, 6.45) is 24.0. The first-order valence-corrected chi connectivity index (χ1v) is 9.98. The van der Waals surface area contributed by atoms with E-state index in [0.29, 0.717) is 12.2 Å². The number of carbonyl (C=O) groups is 1. The molecule has 0 aromatic carbocycles. The predicted molar refractivity (Wildman–Crippen MR) is 99.4 cm³/mol. The maximum absolute atomic E-state index is 11.7. The summed E-state index contributed by atoms with van der Waals surface area (Å²) in [5.74, 6) is 0.423. The molecule has 22 heavy (non-hydrogen) atoms. The molecule has 0 atom stereocenters. The van der Waals surface area contributed by atoms with Gasteiger partial charge in [-0.2, -0.15) is 0 Å². The molecule has 0 saturated carbocycles. The normalized spacial score (nSPS) is 11.4. The zero-order valence-electron chi connectivity index (χ0n) is 15.4. The minimum atomic E-state index is 0.423. The summed E-state index contributed by atoms with van der Waals surface area (Å²) in [7, 11) is 0. The third kappa shape index (κ3) is 17.5. The van der Waals surface area contributed by atoms with Crippen molar-refractivity contribution in [2.45, 2.75) is 117 Å². The highest BCUT2D eigenvalue weighted by molar-refractivity contribution is 5.79. The number of allylic oxidation sites excluding steroid dienone is 2. The molecule has 0 bridgehead atoms. The molecule has 0 aromatic rings. The molecule has 0 aromatic heterocycles. The van der Waals surface area contributed by atoms with Crippen molar-refractivity contribution in [3.63, 3.8) is 0 Å². The minimum absolute atomic E-state index is 0.423. The summed E-state index contributed by atoms with van der Waals surface area (Å²) in [5.41, 5.74) is 0. The zero-order valence-corrected chi connectivity index (χ0v) is 15.4. The van der Waals surface area contributed by atoms with Crippen molar-refractivity contribution >= 4 is 5.78 Å². The predicted octanol–water partition coefficient (Wildman–Crippen LogP) is 7.39. The number of unbranched alkanes of at least 4 members (excludes halogenated alkanes) is 12. The minimum Gasteiger partial charge on any atom is -0.299 e. The molecule has 0 fully saturated rings. The van der Waals surface area contributed by atoms with Crippen LogP contribution in [0.4, 0.5) is 0 Å². The maximum Gasteiger partial charge on any atom is 0.136 e. The quantitative estimate of drug-likeness (QED) is 0.202. The molecule has 0 radical (unpaired) electrons. The molecule has 0 saturated heterocycles. The molecule has 0 unspecified atom stereocenters. The van der Waals surface area contributed by atoms with Gasteiger partial charge in [0.2, 0.25) is 0 Å². The van der Waals surface area contributed by atoms with Crippen molar-refractivity contribution in [1.82, 2.24) is 0 Å². The van der Waals surface area contributed by atoms with Crippen molar-refractivity contribution in [1.29, 1.82) is 0 Å². The van der Waals surface area contributed by atoms with Crippen LogP contribution >= 0.6 is 0 Å². The third-order valence-electron chi connectivity index (χ3n) is 4.30. The Kier molecular flexibility index (Phi) is 18.0. The number of hydrogen-bond donors (Lipinski definition) is 0. The van der Waals surface area contributed by atoms with Crippen LogP contribution in [0, 0.1) is 0 Å². The molecule has 1 heteroatoms. The van der Waals surface area contributed by atoms with Gasteiger partial charge in [0, 0.05) is 12.8 Å². The van der Waals surface area contributed by atoms with Crippen LogP contribution in [0.25, 0.3) is 0 Å². The summed E-state index contributed by atoms with van der Waals surface area (Å²) in [6, 6.07) is 0. The summed E-state index contributed by atoms with van der Waals surface area (Å²) in [5, 5.41) is 0. The van der Waals surface area contributed by atoms with E-state index in [-0.39, 0.29) is 0 Å². The van der Waals surface area contributed by atoms with Crippen molar-refractivity contribution in [2.24, 2.45) is 0 Å². The fourth-order valence-electron chi connectivity index (χ4n) is 2.76. The van der Waals surface area contributed by atoms with Crippen molar-refractivity contribution < 1.29 is 4.79 Å². The fraction of sp³-hybridized carbons (Fsp3) is 0.857. The number of ketones is 1. The molecule has 0 spiro atoms. The first kappa shape index (κ1) is 21.4. The van der Waals surface area contributed by atoms with Gasteiger partial charge in [0.25, 0.3) is 0 Å². The van der Waals surface area contributed by atoms with Gasteiger partial charge < -0.3 is 0 Å². The Morgan fingerprint density at radius 2 is 1.14 bits per heavy atom. The number of hydrogen-bond acceptors (Lipinski definition) is 1. The lowest BCUT2D eigenvalue weighted by molar-refractivity contribution is -0.118. The van der Waals surface area contributed by atoms with E-state index in [1.165, 1.54) is 77.0 Å². The van der Waals surface area contributed by atoms with Gasteiger partial charge in [0.15, 0.2) is 0 Å². The highest BCUT2D eigenvalue weighted by Gasteiger charge is 1.99. The first-order valence-electron chi connectivity index (χ1n) is 9.98. The first-order chi connectivity index (χ1) is 10.8. The summed E-state index contributed by atoms with van der Waals surface area (Å²) in [4.78, 5) is 11.7. The van der Waals surface area contributed by atoms with Crippen LogP contribution in [-0.2, 0) is 4.79 Å². The van der Waals surface area contributed by atoms with E-state index in [9.17, 15) is 4.79 Å². The van der Waals surface area contributed by atoms with Gasteiger partial charge in [-0.15, -0.1) is 0 Å². The molecule has 0 aliphatic heterocycles. The van der Waals surface area contributed by atoms with E-state index < -0.39 is 0 Å². The Morgan fingerprint density at radius 3 is 1.73 bits per heavy atom. The van der Waals surface area contributed by atoms with Crippen LogP contribution in [0.5, 0.6) is 0 Å². The standard InChI is InChI=1S/C21H40O/c1-3-5-7-9-11-12-13-14-16-18-20-21(22)19-17-15-10-8-6-4-2/h15,17H,3-14,16,18-20H2,1-2H3/b17-15+. The lowest BCUT2D eigenvalue weighted by Gasteiger charge is -2.02. The SMILES string of the molecule is CCCCC/C=C/CC(=O)CCCCCCCCCCCC. The van der Waals surface area contributed by atoms with Gasteiger partial charge in [-0.25, -0.2) is 0 Å². The summed E-state index contributed by atoms with van der Waals surface area (Å²) >= 11 is 0. The molecular weight excluding hydrogens is 268 g/mol. The zero-order chi connectivity index (χ0) is 16.3. The van der Waals surface area contributed by atoms with E-state index in [1.54, 1.807) is 0 Å². The number of rotatable bonds is 17. The van der Waals surface area contributed by atoms with Gasteiger partial charge in [-0.1, -0.05) is 96.6 Å². The van der Waals surface area contributed by atoms with Crippen LogP contribution in [0.15, 0.2) is 12.2 Å². The second-order valence-electron chi connectivity index (χ2n) is 6.64. The maximum atomic E-state index is 11.7. The summed E-state index contributed by atoms with van der Waals surface area (Å²) < 4.78 is 0. The van der Waals surface area contributed by atoms with E-state index in [4.69, 9.17) is 0 Å². The van der Waals surface area contributed by atoms with Crippen molar-refractivity contribution in [3.05, 3.63) is 12.2 Å². The summed E-state index contributed by atoms with van der Waals surface area (Å²) in [6.45, 7) is 4.49. The van der Waals surface area contributed by atoms with Crippen LogP contribution in [0.1, 0.15) is 117 Å². The molecule has 0 amide bonds. The van der Waals surface area contributed by atoms with Crippen LogP contribution < -0.4 is 0 Å². The van der Waals surface area contributed by atoms with Crippen LogP contribution in [0.3, 0.4) is 0 Å². The average Bonchev–Trinajstić information content (AvgIpc) is 2.52. The van der Waals surface area contributed by atoms with Crippen LogP contribution in [0.2, 0.25) is 0 Å². The van der Waals surface area contributed by atoms with Gasteiger partial charge in [-0.05, 0) is 19.3 Å².